The van der Waals surface area contributed by atoms with Gasteiger partial charge in [-0.25, -0.2) is 4.68 Å². The first-order chi connectivity index (χ1) is 12.2. The summed E-state index contributed by atoms with van der Waals surface area (Å²) >= 11 is 0. The standard InChI is InChI=1S/C18H25N5O2/c1-3-21-9-11-22(12-10-21)18(24)15(2)23-13-16(19-20-23)14-25-17-7-5-4-6-8-17/h4-8,13,15H,3,9-12,14H2,1-2H3. The van der Waals surface area contributed by atoms with E-state index in [1.807, 2.05) is 42.2 Å². The Bertz CT molecular complexity index is 680. The van der Waals surface area contributed by atoms with Crippen molar-refractivity contribution in [3.63, 3.8) is 0 Å². The lowest BCUT2D eigenvalue weighted by molar-refractivity contribution is -0.136. The molecule has 1 saturated heterocycles. The Hall–Kier alpha value is -2.41. The van der Waals surface area contributed by atoms with Crippen molar-refractivity contribution >= 4 is 5.91 Å². The summed E-state index contributed by atoms with van der Waals surface area (Å²) < 4.78 is 7.29. The van der Waals surface area contributed by atoms with Crippen LogP contribution in [0.4, 0.5) is 0 Å². The van der Waals surface area contributed by atoms with E-state index in [-0.39, 0.29) is 11.9 Å². The first-order valence-electron chi connectivity index (χ1n) is 8.77. The van der Waals surface area contributed by atoms with E-state index in [9.17, 15) is 4.79 Å². The van der Waals surface area contributed by atoms with Gasteiger partial charge in [0.05, 0.1) is 6.20 Å². The number of benzene rings is 1. The highest BCUT2D eigenvalue weighted by Gasteiger charge is 2.26. The Morgan fingerprint density at radius 3 is 2.60 bits per heavy atom. The summed E-state index contributed by atoms with van der Waals surface area (Å²) in [5.41, 5.74) is 0.708. The fourth-order valence-corrected chi connectivity index (χ4v) is 2.90. The van der Waals surface area contributed by atoms with Gasteiger partial charge in [-0.15, -0.1) is 5.10 Å². The van der Waals surface area contributed by atoms with Gasteiger partial charge in [0, 0.05) is 26.2 Å². The van der Waals surface area contributed by atoms with Gasteiger partial charge in [0.15, 0.2) is 0 Å². The largest absolute Gasteiger partial charge is 0.487 e. The van der Waals surface area contributed by atoms with Gasteiger partial charge in [-0.05, 0) is 25.6 Å². The molecular weight excluding hydrogens is 318 g/mol. The molecule has 1 fully saturated rings. The van der Waals surface area contributed by atoms with Crippen molar-refractivity contribution in [2.24, 2.45) is 0 Å². The Morgan fingerprint density at radius 2 is 1.92 bits per heavy atom. The maximum absolute atomic E-state index is 12.7. The van der Waals surface area contributed by atoms with Gasteiger partial charge in [-0.2, -0.15) is 0 Å². The van der Waals surface area contributed by atoms with E-state index in [2.05, 4.69) is 22.1 Å². The topological polar surface area (TPSA) is 63.5 Å². The predicted molar refractivity (Wildman–Crippen MR) is 94.2 cm³/mol. The average Bonchev–Trinajstić information content (AvgIpc) is 3.15. The molecule has 0 aliphatic carbocycles. The van der Waals surface area contributed by atoms with E-state index in [1.165, 1.54) is 0 Å². The molecule has 2 heterocycles. The van der Waals surface area contributed by atoms with Gasteiger partial charge < -0.3 is 14.5 Å². The molecule has 134 valence electrons. The number of carbonyl (C=O) groups is 1. The summed E-state index contributed by atoms with van der Waals surface area (Å²) in [4.78, 5) is 16.9. The van der Waals surface area contributed by atoms with Gasteiger partial charge in [-0.3, -0.25) is 4.79 Å². The van der Waals surface area contributed by atoms with Crippen molar-refractivity contribution in [2.45, 2.75) is 26.5 Å². The van der Waals surface area contributed by atoms with Crippen molar-refractivity contribution in [3.8, 4) is 5.75 Å². The minimum atomic E-state index is -0.355. The molecule has 25 heavy (non-hydrogen) atoms. The van der Waals surface area contributed by atoms with Gasteiger partial charge in [0.2, 0.25) is 5.91 Å². The molecule has 1 amide bonds. The number of ether oxygens (including phenoxy) is 1. The van der Waals surface area contributed by atoms with Crippen LogP contribution in [0.5, 0.6) is 5.75 Å². The maximum Gasteiger partial charge on any atom is 0.247 e. The first-order valence-corrected chi connectivity index (χ1v) is 8.77. The molecule has 1 aromatic carbocycles. The van der Waals surface area contributed by atoms with Crippen molar-refractivity contribution in [3.05, 3.63) is 42.2 Å². The molecule has 3 rings (SSSR count). The normalized spacial score (nSPS) is 16.6. The Morgan fingerprint density at radius 1 is 1.20 bits per heavy atom. The summed E-state index contributed by atoms with van der Waals surface area (Å²) in [5, 5.41) is 8.22. The van der Waals surface area contributed by atoms with E-state index in [0.717, 1.165) is 38.5 Å². The number of aromatic nitrogens is 3. The number of amides is 1. The molecule has 1 atom stereocenters. The number of nitrogens with zero attached hydrogens (tertiary/aromatic N) is 5. The SMILES string of the molecule is CCN1CCN(C(=O)C(C)n2cc(COc3ccccc3)nn2)CC1. The smallest absolute Gasteiger partial charge is 0.247 e. The maximum atomic E-state index is 12.7. The minimum absolute atomic E-state index is 0.0937. The van der Waals surface area contributed by atoms with Crippen LogP contribution in [-0.2, 0) is 11.4 Å². The van der Waals surface area contributed by atoms with Crippen LogP contribution in [0.3, 0.4) is 0 Å². The molecule has 0 N–H and O–H groups in total. The Balaban J connectivity index is 1.55. The molecule has 1 aromatic heterocycles. The summed E-state index contributed by atoms with van der Waals surface area (Å²) in [7, 11) is 0. The van der Waals surface area contributed by atoms with E-state index in [1.54, 1.807) is 10.9 Å². The van der Waals surface area contributed by atoms with Crippen molar-refractivity contribution in [1.82, 2.24) is 24.8 Å². The number of hydrogen-bond acceptors (Lipinski definition) is 5. The number of piperazine rings is 1. The van der Waals surface area contributed by atoms with Crippen molar-refractivity contribution < 1.29 is 9.53 Å². The van der Waals surface area contributed by atoms with Crippen molar-refractivity contribution in [2.75, 3.05) is 32.7 Å². The van der Waals surface area contributed by atoms with Gasteiger partial charge >= 0.3 is 0 Å². The van der Waals surface area contributed by atoms with Crippen LogP contribution in [0, 0.1) is 0 Å². The van der Waals surface area contributed by atoms with Gasteiger partial charge in [-0.1, -0.05) is 30.3 Å². The molecule has 0 radical (unpaired) electrons. The number of rotatable bonds is 6. The van der Waals surface area contributed by atoms with Crippen LogP contribution in [0.15, 0.2) is 36.5 Å². The zero-order valence-corrected chi connectivity index (χ0v) is 14.8. The van der Waals surface area contributed by atoms with E-state index in [0.29, 0.717) is 12.3 Å². The lowest BCUT2D eigenvalue weighted by Crippen LogP contribution is -2.50. The molecule has 7 nitrogen and oxygen atoms in total. The van der Waals surface area contributed by atoms with E-state index in [4.69, 9.17) is 4.74 Å². The minimum Gasteiger partial charge on any atom is -0.487 e. The lowest BCUT2D eigenvalue weighted by Gasteiger charge is -2.35. The van der Waals surface area contributed by atoms with Gasteiger partial charge in [0.25, 0.3) is 0 Å². The molecule has 1 aliphatic heterocycles. The highest BCUT2D eigenvalue weighted by atomic mass is 16.5. The van der Waals surface area contributed by atoms with Crippen LogP contribution in [0.25, 0.3) is 0 Å². The lowest BCUT2D eigenvalue weighted by atomic mass is 10.2. The zero-order chi connectivity index (χ0) is 17.6. The van der Waals surface area contributed by atoms with Crippen LogP contribution in [-0.4, -0.2) is 63.4 Å². The fourth-order valence-electron chi connectivity index (χ4n) is 2.90. The molecule has 0 spiro atoms. The van der Waals surface area contributed by atoms with Crippen LogP contribution < -0.4 is 4.74 Å². The molecule has 0 bridgehead atoms. The number of para-hydroxylation sites is 1. The Kier molecular flexibility index (Phi) is 5.65. The summed E-state index contributed by atoms with van der Waals surface area (Å²) in [6.07, 6.45) is 1.79. The molecule has 1 aliphatic rings. The second kappa shape index (κ2) is 8.11. The first kappa shape index (κ1) is 17.4. The molecular formula is C18H25N5O2. The third kappa shape index (κ3) is 4.36. The van der Waals surface area contributed by atoms with E-state index >= 15 is 0 Å². The average molecular weight is 343 g/mol. The summed E-state index contributed by atoms with van der Waals surface area (Å²) in [6, 6.07) is 9.22. The number of carbonyl (C=O) groups excluding carboxylic acids is 1. The van der Waals surface area contributed by atoms with Crippen LogP contribution in [0.1, 0.15) is 25.6 Å². The highest BCUT2D eigenvalue weighted by molar-refractivity contribution is 5.80. The van der Waals surface area contributed by atoms with Crippen LogP contribution >= 0.6 is 0 Å². The third-order valence-corrected chi connectivity index (χ3v) is 4.57. The fraction of sp³-hybridized carbons (Fsp3) is 0.500. The summed E-state index contributed by atoms with van der Waals surface area (Å²) in [6.45, 7) is 8.79. The molecule has 7 heteroatoms. The number of hydrogen-bond donors (Lipinski definition) is 0. The van der Waals surface area contributed by atoms with Gasteiger partial charge in [0.1, 0.15) is 24.1 Å². The van der Waals surface area contributed by atoms with Crippen LogP contribution in [0.2, 0.25) is 0 Å². The van der Waals surface area contributed by atoms with Crippen molar-refractivity contribution in [1.29, 1.82) is 0 Å². The second-order valence-electron chi connectivity index (χ2n) is 6.23. The quantitative estimate of drug-likeness (QED) is 0.797. The number of likely N-dealkylation sites (N-methyl/N-ethyl adjacent to an activating group) is 1. The second-order valence-corrected chi connectivity index (χ2v) is 6.23. The third-order valence-electron chi connectivity index (χ3n) is 4.57. The zero-order valence-electron chi connectivity index (χ0n) is 14.8. The Labute approximate surface area is 148 Å². The van der Waals surface area contributed by atoms with E-state index < -0.39 is 0 Å². The summed E-state index contributed by atoms with van der Waals surface area (Å²) in [5.74, 6) is 0.881. The molecule has 0 saturated carbocycles. The highest BCUT2D eigenvalue weighted by Crippen LogP contribution is 2.14. The predicted octanol–water partition coefficient (Wildman–Crippen LogP) is 1.58. The molecule has 1 unspecified atom stereocenters. The monoisotopic (exact) mass is 343 g/mol. The molecule has 2 aromatic rings.